The van der Waals surface area contributed by atoms with Gasteiger partial charge < -0.3 is 29.0 Å². The van der Waals surface area contributed by atoms with Crippen molar-refractivity contribution < 1.29 is 22.3 Å². The average Bonchev–Trinajstić information content (AvgIpc) is 3.86. The second-order valence-corrected chi connectivity index (χ2v) is 17.0. The number of aromatic nitrogens is 2. The van der Waals surface area contributed by atoms with E-state index in [9.17, 15) is 27.7 Å². The summed E-state index contributed by atoms with van der Waals surface area (Å²) in [6, 6.07) is 14.4. The van der Waals surface area contributed by atoms with E-state index < -0.39 is 27.3 Å². The van der Waals surface area contributed by atoms with Gasteiger partial charge in [0.15, 0.2) is 0 Å². The highest BCUT2D eigenvalue weighted by atomic mass is 32.2. The summed E-state index contributed by atoms with van der Waals surface area (Å²) in [6.07, 6.45) is 3.78. The van der Waals surface area contributed by atoms with Crippen molar-refractivity contribution in [3.63, 3.8) is 0 Å². The van der Waals surface area contributed by atoms with Gasteiger partial charge >= 0.3 is 0 Å². The molecule has 0 aliphatic carbocycles. The van der Waals surface area contributed by atoms with Crippen LogP contribution in [0.2, 0.25) is 0 Å². The fourth-order valence-electron chi connectivity index (χ4n) is 8.45. The molecule has 54 heavy (non-hydrogen) atoms. The summed E-state index contributed by atoms with van der Waals surface area (Å²) in [5.74, 6) is -0.457. The van der Waals surface area contributed by atoms with Gasteiger partial charge in [-0.1, -0.05) is 6.07 Å². The first kappa shape index (κ1) is 37.6. The number of nitriles is 1. The Balaban J connectivity index is 1.05. The number of benzene rings is 2. The predicted octanol–water partition coefficient (Wildman–Crippen LogP) is 3.87. The molecule has 2 unspecified atom stereocenters. The lowest BCUT2D eigenvalue weighted by molar-refractivity contribution is 0.0824. The summed E-state index contributed by atoms with van der Waals surface area (Å²) >= 11 is 0. The zero-order chi connectivity index (χ0) is 38.3. The molecule has 3 fully saturated rings. The minimum absolute atomic E-state index is 0.0308. The van der Waals surface area contributed by atoms with Crippen LogP contribution in [-0.2, 0) is 23.1 Å². The molecular formula is C39H47FN8O5S. The lowest BCUT2D eigenvalue weighted by atomic mass is 10.0. The van der Waals surface area contributed by atoms with Gasteiger partial charge in [0.25, 0.3) is 11.5 Å². The van der Waals surface area contributed by atoms with Crippen molar-refractivity contribution in [2.45, 2.75) is 50.6 Å². The normalized spacial score (nSPS) is 19.7. The van der Waals surface area contributed by atoms with Crippen LogP contribution >= 0.6 is 0 Å². The summed E-state index contributed by atoms with van der Waals surface area (Å²) in [4.78, 5) is 37.0. The van der Waals surface area contributed by atoms with E-state index in [-0.39, 0.29) is 28.4 Å². The van der Waals surface area contributed by atoms with E-state index in [1.54, 1.807) is 20.3 Å². The number of carbonyl (C=O) groups excluding carboxylic acids is 1. The summed E-state index contributed by atoms with van der Waals surface area (Å²) in [6.45, 7) is 8.02. The summed E-state index contributed by atoms with van der Waals surface area (Å²) < 4.78 is 49.4. The lowest BCUT2D eigenvalue weighted by Crippen LogP contribution is -2.43. The smallest absolute Gasteiger partial charge is 0.293 e. The Labute approximate surface area is 314 Å². The zero-order valence-corrected chi connectivity index (χ0v) is 32.0. The maximum absolute atomic E-state index is 14.2. The number of likely N-dealkylation sites (tertiary alicyclic amines) is 2. The van der Waals surface area contributed by atoms with Crippen molar-refractivity contribution in [2.75, 3.05) is 65.3 Å². The number of rotatable bonds is 11. The van der Waals surface area contributed by atoms with E-state index in [2.05, 4.69) is 54.1 Å². The summed E-state index contributed by atoms with van der Waals surface area (Å²) in [5, 5.41) is 10.8. The highest BCUT2D eigenvalue weighted by Gasteiger charge is 2.42. The number of nitrogens with one attached hydrogen (secondary N) is 2. The van der Waals surface area contributed by atoms with Crippen LogP contribution in [0.4, 0.5) is 10.1 Å². The summed E-state index contributed by atoms with van der Waals surface area (Å²) in [7, 11) is 1.34. The Morgan fingerprint density at radius 2 is 1.85 bits per heavy atom. The number of hydrogen-bond donors (Lipinski definition) is 2. The number of H-pyrrole nitrogens is 1. The standard InChI is InChI=1S/C39H47FN8O5S/c1-25-26(5-7-33-31(25)20-29(21-41)48(33)18-17-45-14-11-30(12-15-45)54(51,52)42-2)22-46-16-10-27-23-47(24-35(27)46)34-9-13-43-38(49)37(34)53-36-8-6-28(40)19-32(36)39(50)44(3)4/h5-9,13,19-20,27,30,35,42H,10-12,14-18,22-24H2,1-4H3,(H,43,49). The molecule has 286 valence electrons. The lowest BCUT2D eigenvalue weighted by Gasteiger charge is -2.31. The van der Waals surface area contributed by atoms with Gasteiger partial charge in [-0.25, -0.2) is 17.5 Å². The second-order valence-electron chi connectivity index (χ2n) is 14.8. The van der Waals surface area contributed by atoms with Crippen molar-refractivity contribution in [3.8, 4) is 17.6 Å². The molecule has 0 radical (unpaired) electrons. The molecule has 0 bridgehead atoms. The van der Waals surface area contributed by atoms with Crippen molar-refractivity contribution in [1.29, 1.82) is 5.26 Å². The van der Waals surface area contributed by atoms with Crippen molar-refractivity contribution in [2.24, 2.45) is 5.92 Å². The van der Waals surface area contributed by atoms with Crippen LogP contribution in [0.5, 0.6) is 11.5 Å². The average molecular weight is 759 g/mol. The first-order valence-electron chi connectivity index (χ1n) is 18.4. The third kappa shape index (κ3) is 7.23. The van der Waals surface area contributed by atoms with E-state index in [1.807, 2.05) is 12.1 Å². The molecule has 3 aliphatic rings. The van der Waals surface area contributed by atoms with E-state index in [1.165, 1.54) is 29.6 Å². The highest BCUT2D eigenvalue weighted by molar-refractivity contribution is 7.90. The molecular weight excluding hydrogens is 712 g/mol. The van der Waals surface area contributed by atoms with Crippen molar-refractivity contribution in [1.82, 2.24) is 29.0 Å². The molecule has 3 saturated heterocycles. The van der Waals surface area contributed by atoms with Gasteiger partial charge in [0.2, 0.25) is 15.8 Å². The Morgan fingerprint density at radius 1 is 1.07 bits per heavy atom. The number of aryl methyl sites for hydroxylation is 1. The number of amides is 1. The molecule has 0 spiro atoms. The van der Waals surface area contributed by atoms with Crippen LogP contribution in [-0.4, -0.2) is 110 Å². The number of fused-ring (bicyclic) bond motifs is 2. The number of aromatic amines is 1. The van der Waals surface area contributed by atoms with E-state index in [0.717, 1.165) is 55.1 Å². The monoisotopic (exact) mass is 758 g/mol. The predicted molar refractivity (Wildman–Crippen MR) is 205 cm³/mol. The molecule has 7 rings (SSSR count). The molecule has 13 nitrogen and oxygen atoms in total. The fraction of sp³-hybridized carbons (Fsp3) is 0.462. The number of anilines is 1. The minimum Gasteiger partial charge on any atom is -0.448 e. The van der Waals surface area contributed by atoms with E-state index >= 15 is 0 Å². The number of carbonyl (C=O) groups is 1. The first-order chi connectivity index (χ1) is 25.9. The maximum atomic E-state index is 14.2. The van der Waals surface area contributed by atoms with Gasteiger partial charge in [-0.05, 0) is 106 Å². The topological polar surface area (TPSA) is 147 Å². The van der Waals surface area contributed by atoms with Gasteiger partial charge in [-0.2, -0.15) is 5.26 Å². The first-order valence-corrected chi connectivity index (χ1v) is 20.0. The van der Waals surface area contributed by atoms with Gasteiger partial charge in [-0.3, -0.25) is 14.5 Å². The molecule has 3 aliphatic heterocycles. The molecule has 0 saturated carbocycles. The third-order valence-electron chi connectivity index (χ3n) is 11.5. The Kier molecular flexibility index (Phi) is 10.6. The van der Waals surface area contributed by atoms with Crippen LogP contribution < -0.4 is 19.9 Å². The molecule has 5 heterocycles. The number of halogens is 1. The maximum Gasteiger partial charge on any atom is 0.293 e. The Morgan fingerprint density at radius 3 is 2.57 bits per heavy atom. The van der Waals surface area contributed by atoms with Crippen LogP contribution in [0, 0.1) is 30.0 Å². The number of nitrogens with zero attached hydrogens (tertiary/aromatic N) is 6. The van der Waals surface area contributed by atoms with Crippen LogP contribution in [0.1, 0.15) is 46.4 Å². The van der Waals surface area contributed by atoms with E-state index in [4.69, 9.17) is 4.74 Å². The summed E-state index contributed by atoms with van der Waals surface area (Å²) in [5.41, 5.74) is 4.19. The molecule has 2 aromatic heterocycles. The van der Waals surface area contributed by atoms with E-state index in [0.29, 0.717) is 56.3 Å². The number of ether oxygens (including phenoxy) is 1. The SMILES string of the molecule is CNS(=O)(=O)C1CCN(CCn2c(C#N)cc3c(C)c(CN4CCC5CN(c6cc[nH]c(=O)c6Oc6ccc(F)cc6C(=O)N(C)C)CC54)ccc32)CC1. The molecule has 2 aromatic carbocycles. The minimum atomic E-state index is -3.27. The molecule has 15 heteroatoms. The van der Waals surface area contributed by atoms with Crippen LogP contribution in [0.25, 0.3) is 10.9 Å². The van der Waals surface area contributed by atoms with Gasteiger partial charge in [-0.15, -0.1) is 0 Å². The van der Waals surface area contributed by atoms with Crippen molar-refractivity contribution >= 4 is 32.5 Å². The Bertz CT molecular complexity index is 2270. The van der Waals surface area contributed by atoms with Crippen molar-refractivity contribution in [3.05, 3.63) is 87.2 Å². The van der Waals surface area contributed by atoms with Crippen LogP contribution in [0.3, 0.4) is 0 Å². The molecule has 1 amide bonds. The molecule has 2 atom stereocenters. The molecule has 2 N–H and O–H groups in total. The molecule has 4 aromatic rings. The largest absolute Gasteiger partial charge is 0.448 e. The number of pyridine rings is 1. The third-order valence-corrected chi connectivity index (χ3v) is 13.5. The van der Waals surface area contributed by atoms with Gasteiger partial charge in [0.05, 0.1) is 16.5 Å². The number of hydrogen-bond acceptors (Lipinski definition) is 9. The fourth-order valence-corrected chi connectivity index (χ4v) is 9.61. The number of piperidine rings is 1. The Hall–Kier alpha value is -4.75. The van der Waals surface area contributed by atoms with Crippen LogP contribution in [0.15, 0.2) is 53.5 Å². The second kappa shape index (κ2) is 15.2. The zero-order valence-electron chi connectivity index (χ0n) is 31.1. The van der Waals surface area contributed by atoms with Gasteiger partial charge in [0, 0.05) is 70.0 Å². The quantitative estimate of drug-likeness (QED) is 0.233. The number of sulfonamides is 1. The highest BCUT2D eigenvalue weighted by Crippen LogP contribution is 2.39. The van der Waals surface area contributed by atoms with Gasteiger partial charge in [0.1, 0.15) is 23.3 Å².